The fraction of sp³-hybridized carbons (Fsp3) is 0.647. The average Bonchev–Trinajstić information content (AvgIpc) is 3.09. The first-order valence-electron chi connectivity index (χ1n) is 8.01. The Kier molecular flexibility index (Phi) is 5.04. The molecule has 2 aliphatic heterocycles. The molecule has 2 unspecified atom stereocenters. The highest BCUT2D eigenvalue weighted by Gasteiger charge is 2.24. The molecule has 1 aromatic carbocycles. The second kappa shape index (κ2) is 6.99. The monoisotopic (exact) mass is 309 g/mol. The molecular formula is C17H24ClNO2. The summed E-state index contributed by atoms with van der Waals surface area (Å²) in [6.07, 6.45) is 4.31. The summed E-state index contributed by atoms with van der Waals surface area (Å²) in [5.74, 6) is 1.76. The lowest BCUT2D eigenvalue weighted by atomic mass is 9.93. The molecule has 2 aliphatic rings. The van der Waals surface area contributed by atoms with Gasteiger partial charge in [0.2, 0.25) is 0 Å². The van der Waals surface area contributed by atoms with E-state index in [-0.39, 0.29) is 0 Å². The van der Waals surface area contributed by atoms with Crippen LogP contribution in [0.5, 0.6) is 5.75 Å². The molecule has 1 N–H and O–H groups in total. The quantitative estimate of drug-likeness (QED) is 0.875. The van der Waals surface area contributed by atoms with Crippen molar-refractivity contribution in [2.45, 2.75) is 38.6 Å². The number of ether oxygens (including phenoxy) is 2. The van der Waals surface area contributed by atoms with Gasteiger partial charge in [0.05, 0.1) is 6.61 Å². The topological polar surface area (TPSA) is 30.5 Å². The van der Waals surface area contributed by atoms with Crippen LogP contribution in [0.1, 0.15) is 30.9 Å². The van der Waals surface area contributed by atoms with Crippen LogP contribution in [0.2, 0.25) is 5.02 Å². The minimum atomic E-state index is 0.466. The number of hydrogen-bond donors (Lipinski definition) is 1. The molecule has 2 atom stereocenters. The van der Waals surface area contributed by atoms with Crippen LogP contribution in [-0.2, 0) is 17.6 Å². The van der Waals surface area contributed by atoms with Gasteiger partial charge in [-0.3, -0.25) is 0 Å². The van der Waals surface area contributed by atoms with Crippen LogP contribution in [0.3, 0.4) is 0 Å². The highest BCUT2D eigenvalue weighted by molar-refractivity contribution is 6.30. The molecule has 0 aliphatic carbocycles. The Bertz CT molecular complexity index is 486. The number of benzene rings is 1. The summed E-state index contributed by atoms with van der Waals surface area (Å²) in [6.45, 7) is 5.76. The van der Waals surface area contributed by atoms with Crippen LogP contribution >= 0.6 is 11.6 Å². The molecule has 1 saturated heterocycles. The van der Waals surface area contributed by atoms with Gasteiger partial charge >= 0.3 is 0 Å². The van der Waals surface area contributed by atoms with Crippen molar-refractivity contribution in [1.82, 2.24) is 5.32 Å². The highest BCUT2D eigenvalue weighted by atomic mass is 35.5. The van der Waals surface area contributed by atoms with Crippen molar-refractivity contribution in [2.24, 2.45) is 5.92 Å². The zero-order valence-corrected chi connectivity index (χ0v) is 13.4. The normalized spacial score (nSPS) is 22.1. The minimum Gasteiger partial charge on any atom is -0.493 e. The number of fused-ring (bicyclic) bond motifs is 1. The summed E-state index contributed by atoms with van der Waals surface area (Å²) in [4.78, 5) is 0. The van der Waals surface area contributed by atoms with Gasteiger partial charge in [0.1, 0.15) is 5.75 Å². The van der Waals surface area contributed by atoms with Crippen LogP contribution in [0.25, 0.3) is 0 Å². The van der Waals surface area contributed by atoms with E-state index in [1.165, 1.54) is 17.5 Å². The van der Waals surface area contributed by atoms with Crippen molar-refractivity contribution in [3.63, 3.8) is 0 Å². The summed E-state index contributed by atoms with van der Waals surface area (Å²) >= 11 is 6.26. The van der Waals surface area contributed by atoms with Crippen LogP contribution < -0.4 is 10.1 Å². The van der Waals surface area contributed by atoms with E-state index < -0.39 is 0 Å². The van der Waals surface area contributed by atoms with E-state index in [9.17, 15) is 0 Å². The first-order valence-corrected chi connectivity index (χ1v) is 8.39. The zero-order valence-electron chi connectivity index (χ0n) is 12.7. The van der Waals surface area contributed by atoms with Gasteiger partial charge < -0.3 is 14.8 Å². The van der Waals surface area contributed by atoms with Crippen molar-refractivity contribution in [3.05, 3.63) is 28.3 Å². The van der Waals surface area contributed by atoms with Crippen molar-refractivity contribution in [3.8, 4) is 5.75 Å². The second-order valence-electron chi connectivity index (χ2n) is 6.08. The maximum Gasteiger partial charge on any atom is 0.125 e. The Balaban J connectivity index is 1.72. The van der Waals surface area contributed by atoms with Gasteiger partial charge in [-0.05, 0) is 55.0 Å². The average molecular weight is 310 g/mol. The molecule has 116 valence electrons. The zero-order chi connectivity index (χ0) is 14.7. The van der Waals surface area contributed by atoms with E-state index in [2.05, 4.69) is 18.3 Å². The molecule has 0 saturated carbocycles. The first kappa shape index (κ1) is 15.1. The lowest BCUT2D eigenvalue weighted by molar-refractivity contribution is 0.181. The van der Waals surface area contributed by atoms with E-state index in [4.69, 9.17) is 21.1 Å². The van der Waals surface area contributed by atoms with Crippen molar-refractivity contribution in [1.29, 1.82) is 0 Å². The number of nitrogens with one attached hydrogen (secondary N) is 1. The van der Waals surface area contributed by atoms with E-state index in [1.807, 2.05) is 6.07 Å². The van der Waals surface area contributed by atoms with Crippen molar-refractivity contribution >= 4 is 11.6 Å². The first-order chi connectivity index (χ1) is 10.3. The molecule has 4 heteroatoms. The summed E-state index contributed by atoms with van der Waals surface area (Å²) in [6, 6.07) is 4.58. The molecule has 21 heavy (non-hydrogen) atoms. The van der Waals surface area contributed by atoms with Crippen LogP contribution in [0.4, 0.5) is 0 Å². The SMILES string of the molecule is CCNC(Cc1cc(Cl)cc2c1OCC2)CC1CCOC1. The minimum absolute atomic E-state index is 0.466. The standard InChI is InChI=1S/C17H24ClNO2/c1-2-19-16(7-12-3-5-20-11-12)10-14-9-15(18)8-13-4-6-21-17(13)14/h8-9,12,16,19H,2-7,10-11H2,1H3. The molecule has 3 nitrogen and oxygen atoms in total. The van der Waals surface area contributed by atoms with Crippen molar-refractivity contribution < 1.29 is 9.47 Å². The maximum absolute atomic E-state index is 6.26. The Morgan fingerprint density at radius 2 is 2.29 bits per heavy atom. The van der Waals surface area contributed by atoms with Gasteiger partial charge in [0, 0.05) is 30.7 Å². The molecule has 1 aromatic rings. The Morgan fingerprint density at radius 3 is 3.05 bits per heavy atom. The lowest BCUT2D eigenvalue weighted by Crippen LogP contribution is -2.33. The lowest BCUT2D eigenvalue weighted by Gasteiger charge is -2.22. The van der Waals surface area contributed by atoms with Gasteiger partial charge in [0.15, 0.2) is 0 Å². The third-order valence-electron chi connectivity index (χ3n) is 4.43. The molecule has 0 spiro atoms. The largest absolute Gasteiger partial charge is 0.493 e. The molecule has 0 aromatic heterocycles. The van der Waals surface area contributed by atoms with E-state index in [0.717, 1.165) is 56.4 Å². The van der Waals surface area contributed by atoms with E-state index in [0.29, 0.717) is 12.0 Å². The fourth-order valence-electron chi connectivity index (χ4n) is 3.46. The highest BCUT2D eigenvalue weighted by Crippen LogP contribution is 2.34. The number of rotatable bonds is 6. The van der Waals surface area contributed by atoms with Gasteiger partial charge in [-0.1, -0.05) is 18.5 Å². The van der Waals surface area contributed by atoms with Gasteiger partial charge in [-0.2, -0.15) is 0 Å². The van der Waals surface area contributed by atoms with E-state index in [1.54, 1.807) is 0 Å². The molecule has 0 amide bonds. The summed E-state index contributed by atoms with van der Waals surface area (Å²) in [7, 11) is 0. The number of hydrogen-bond acceptors (Lipinski definition) is 3. The predicted molar refractivity (Wildman–Crippen MR) is 85.4 cm³/mol. The van der Waals surface area contributed by atoms with Gasteiger partial charge in [0.25, 0.3) is 0 Å². The molecule has 3 rings (SSSR count). The number of halogens is 1. The Labute approximate surface area is 132 Å². The van der Waals surface area contributed by atoms with Crippen molar-refractivity contribution in [2.75, 3.05) is 26.4 Å². The van der Waals surface area contributed by atoms with Crippen LogP contribution in [-0.4, -0.2) is 32.4 Å². The summed E-state index contributed by atoms with van der Waals surface area (Å²) in [5, 5.41) is 4.44. The maximum atomic E-state index is 6.26. The fourth-order valence-corrected chi connectivity index (χ4v) is 3.73. The Morgan fingerprint density at radius 1 is 1.38 bits per heavy atom. The molecule has 1 fully saturated rings. The molecule has 2 heterocycles. The van der Waals surface area contributed by atoms with Crippen LogP contribution in [0.15, 0.2) is 12.1 Å². The van der Waals surface area contributed by atoms with Gasteiger partial charge in [-0.25, -0.2) is 0 Å². The third-order valence-corrected chi connectivity index (χ3v) is 4.64. The predicted octanol–water partition coefficient (Wildman–Crippen LogP) is 3.22. The van der Waals surface area contributed by atoms with Gasteiger partial charge in [-0.15, -0.1) is 0 Å². The number of likely N-dealkylation sites (N-methyl/N-ethyl adjacent to an activating group) is 1. The summed E-state index contributed by atoms with van der Waals surface area (Å²) < 4.78 is 11.3. The third kappa shape index (κ3) is 3.71. The van der Waals surface area contributed by atoms with Crippen LogP contribution in [0, 0.1) is 5.92 Å². The summed E-state index contributed by atoms with van der Waals surface area (Å²) in [5.41, 5.74) is 2.51. The van der Waals surface area contributed by atoms with E-state index >= 15 is 0 Å². The second-order valence-corrected chi connectivity index (χ2v) is 6.51. The smallest absolute Gasteiger partial charge is 0.125 e. The molecule has 0 bridgehead atoms. The molecule has 0 radical (unpaired) electrons. The Hall–Kier alpha value is -0.770. The molecular weight excluding hydrogens is 286 g/mol.